The molecule has 0 amide bonds. The van der Waals surface area contributed by atoms with Crippen molar-refractivity contribution < 1.29 is 0 Å². The zero-order valence-corrected chi connectivity index (χ0v) is 9.87. The van der Waals surface area contributed by atoms with E-state index in [1.54, 1.807) is 0 Å². The molecule has 0 fully saturated rings. The normalized spacial score (nSPS) is 10.4. The Bertz CT molecular complexity index is 695. The molecule has 86 valence electrons. The summed E-state index contributed by atoms with van der Waals surface area (Å²) in [6.45, 7) is 0. The highest BCUT2D eigenvalue weighted by Gasteiger charge is 2.05. The van der Waals surface area contributed by atoms with Crippen LogP contribution in [0.4, 0.5) is 11.4 Å². The molecule has 0 spiro atoms. The maximum atomic E-state index is 6.12. The number of para-hydroxylation sites is 1. The number of fused-ring (bicyclic) bond motifs is 2. The van der Waals surface area contributed by atoms with E-state index in [0.29, 0.717) is 5.69 Å². The Morgan fingerprint density at radius 2 is 1.53 bits per heavy atom. The van der Waals surface area contributed by atoms with Crippen molar-refractivity contribution in [1.82, 2.24) is 4.98 Å². The van der Waals surface area contributed by atoms with Crippen LogP contribution in [0, 0.1) is 0 Å². The molecule has 1 heterocycles. The lowest BCUT2D eigenvalue weighted by Gasteiger charge is -2.06. The third kappa shape index (κ3) is 1.74. The number of nitrogens with zero attached hydrogens (tertiary/aromatic N) is 1. The van der Waals surface area contributed by atoms with E-state index in [1.165, 1.54) is 0 Å². The largest absolute Gasteiger partial charge is 0.399 e. The molecule has 0 aliphatic carbocycles. The lowest BCUT2D eigenvalue weighted by atomic mass is 10.1. The summed E-state index contributed by atoms with van der Waals surface area (Å²) in [7, 11) is 0. The fourth-order valence-electron chi connectivity index (χ4n) is 1.94. The molecule has 0 unspecified atom stereocenters. The number of benzene rings is 2. The van der Waals surface area contributed by atoms with Gasteiger partial charge >= 0.3 is 0 Å². The van der Waals surface area contributed by atoms with Crippen molar-refractivity contribution >= 4 is 45.6 Å². The highest BCUT2D eigenvalue weighted by atomic mass is 35.5. The minimum atomic E-state index is 0. The number of halogens is 1. The summed E-state index contributed by atoms with van der Waals surface area (Å²) in [4.78, 5) is 4.54. The van der Waals surface area contributed by atoms with E-state index in [9.17, 15) is 0 Å². The van der Waals surface area contributed by atoms with Crippen LogP contribution in [0.2, 0.25) is 0 Å². The van der Waals surface area contributed by atoms with Crippen molar-refractivity contribution in [3.8, 4) is 0 Å². The third-order valence-electron chi connectivity index (χ3n) is 2.75. The van der Waals surface area contributed by atoms with Crippen LogP contribution >= 0.6 is 12.4 Å². The topological polar surface area (TPSA) is 64.9 Å². The molecule has 3 aromatic rings. The van der Waals surface area contributed by atoms with Gasteiger partial charge in [-0.05, 0) is 24.3 Å². The Morgan fingerprint density at radius 1 is 0.824 bits per heavy atom. The second kappa shape index (κ2) is 4.11. The first-order valence-electron chi connectivity index (χ1n) is 5.09. The molecule has 0 bridgehead atoms. The van der Waals surface area contributed by atoms with Crippen molar-refractivity contribution in [3.05, 3.63) is 42.5 Å². The van der Waals surface area contributed by atoms with Crippen LogP contribution in [0.5, 0.6) is 0 Å². The van der Waals surface area contributed by atoms with Crippen molar-refractivity contribution in [2.75, 3.05) is 11.5 Å². The van der Waals surface area contributed by atoms with Crippen LogP contribution in [-0.2, 0) is 0 Å². The molecular formula is C13H12ClN3. The number of nitrogen functional groups attached to an aromatic ring is 2. The van der Waals surface area contributed by atoms with Gasteiger partial charge < -0.3 is 11.5 Å². The predicted molar refractivity (Wildman–Crippen MR) is 75.3 cm³/mol. The quantitative estimate of drug-likeness (QED) is 0.473. The van der Waals surface area contributed by atoms with E-state index in [0.717, 1.165) is 27.5 Å². The number of hydrogen-bond acceptors (Lipinski definition) is 3. The van der Waals surface area contributed by atoms with Crippen molar-refractivity contribution in [3.63, 3.8) is 0 Å². The average molecular weight is 246 g/mol. The van der Waals surface area contributed by atoms with Gasteiger partial charge in [-0.1, -0.05) is 18.2 Å². The van der Waals surface area contributed by atoms with Crippen LogP contribution in [0.1, 0.15) is 0 Å². The fourth-order valence-corrected chi connectivity index (χ4v) is 1.94. The molecule has 4 N–H and O–H groups in total. The van der Waals surface area contributed by atoms with Gasteiger partial charge in [-0.25, -0.2) is 4.98 Å². The standard InChI is InChI=1S/C13H11N3.ClH/c14-8-5-6-10-12(7-8)16-11-4-2-1-3-9(11)13(10)15;/h1-7H,14H2,(H2,15,16);1H. The van der Waals surface area contributed by atoms with E-state index in [2.05, 4.69) is 4.98 Å². The maximum absolute atomic E-state index is 6.12. The van der Waals surface area contributed by atoms with Crippen LogP contribution in [-0.4, -0.2) is 4.98 Å². The van der Waals surface area contributed by atoms with Gasteiger partial charge in [0.2, 0.25) is 0 Å². The average Bonchev–Trinajstić information content (AvgIpc) is 2.29. The molecule has 0 atom stereocenters. The molecular weight excluding hydrogens is 234 g/mol. The van der Waals surface area contributed by atoms with Gasteiger partial charge in [0, 0.05) is 16.5 Å². The minimum Gasteiger partial charge on any atom is -0.399 e. The van der Waals surface area contributed by atoms with Crippen molar-refractivity contribution in [2.45, 2.75) is 0 Å². The number of rotatable bonds is 0. The first-order valence-corrected chi connectivity index (χ1v) is 5.09. The Balaban J connectivity index is 0.00000108. The molecule has 0 aliphatic rings. The molecule has 3 nitrogen and oxygen atoms in total. The summed E-state index contributed by atoms with van der Waals surface area (Å²) in [5.74, 6) is 0. The highest BCUT2D eigenvalue weighted by Crippen LogP contribution is 2.28. The van der Waals surface area contributed by atoms with E-state index >= 15 is 0 Å². The molecule has 1 aromatic heterocycles. The van der Waals surface area contributed by atoms with Crippen LogP contribution in [0.15, 0.2) is 42.5 Å². The van der Waals surface area contributed by atoms with Gasteiger partial charge in [-0.15, -0.1) is 12.4 Å². The highest BCUT2D eigenvalue weighted by molar-refractivity contribution is 6.06. The number of anilines is 2. The Kier molecular flexibility index (Phi) is 2.77. The molecule has 2 aromatic carbocycles. The number of nitrogens with two attached hydrogens (primary N) is 2. The van der Waals surface area contributed by atoms with Crippen molar-refractivity contribution in [1.29, 1.82) is 0 Å². The molecule has 4 heteroatoms. The number of pyridine rings is 1. The van der Waals surface area contributed by atoms with Gasteiger partial charge in [0.15, 0.2) is 0 Å². The first kappa shape index (κ1) is 11.5. The lowest BCUT2D eigenvalue weighted by Crippen LogP contribution is -1.93. The van der Waals surface area contributed by atoms with Crippen molar-refractivity contribution in [2.24, 2.45) is 0 Å². The summed E-state index contributed by atoms with van der Waals surface area (Å²) in [5.41, 5.74) is 15.1. The van der Waals surface area contributed by atoms with Gasteiger partial charge in [-0.3, -0.25) is 0 Å². The van der Waals surface area contributed by atoms with Gasteiger partial charge in [0.25, 0.3) is 0 Å². The lowest BCUT2D eigenvalue weighted by molar-refractivity contribution is 1.50. The first-order chi connectivity index (χ1) is 7.75. The van der Waals surface area contributed by atoms with E-state index in [4.69, 9.17) is 11.5 Å². The Hall–Kier alpha value is -2.00. The maximum Gasteiger partial charge on any atom is 0.0750 e. The number of hydrogen-bond donors (Lipinski definition) is 2. The predicted octanol–water partition coefficient (Wildman–Crippen LogP) is 2.97. The van der Waals surface area contributed by atoms with Gasteiger partial charge in [0.05, 0.1) is 16.7 Å². The zero-order chi connectivity index (χ0) is 11.1. The molecule has 0 saturated carbocycles. The molecule has 0 radical (unpaired) electrons. The van der Waals surface area contributed by atoms with Gasteiger partial charge in [0.1, 0.15) is 0 Å². The fraction of sp³-hybridized carbons (Fsp3) is 0. The SMILES string of the molecule is Cl.Nc1ccc2c(N)c3ccccc3nc2c1. The smallest absolute Gasteiger partial charge is 0.0750 e. The zero-order valence-electron chi connectivity index (χ0n) is 9.05. The van der Waals surface area contributed by atoms with Gasteiger partial charge in [-0.2, -0.15) is 0 Å². The Labute approximate surface area is 105 Å². The summed E-state index contributed by atoms with van der Waals surface area (Å²) in [6, 6.07) is 13.4. The third-order valence-corrected chi connectivity index (χ3v) is 2.75. The molecule has 3 rings (SSSR count). The van der Waals surface area contributed by atoms with Crippen LogP contribution in [0.25, 0.3) is 21.8 Å². The van der Waals surface area contributed by atoms with E-state index in [-0.39, 0.29) is 12.4 Å². The summed E-state index contributed by atoms with van der Waals surface area (Å²) >= 11 is 0. The van der Waals surface area contributed by atoms with Crippen LogP contribution in [0.3, 0.4) is 0 Å². The van der Waals surface area contributed by atoms with Crippen LogP contribution < -0.4 is 11.5 Å². The summed E-state index contributed by atoms with van der Waals surface area (Å²) in [6.07, 6.45) is 0. The second-order valence-corrected chi connectivity index (χ2v) is 3.82. The Morgan fingerprint density at radius 3 is 2.35 bits per heavy atom. The van der Waals surface area contributed by atoms with E-state index < -0.39 is 0 Å². The molecule has 17 heavy (non-hydrogen) atoms. The summed E-state index contributed by atoms with van der Waals surface area (Å²) in [5, 5.41) is 1.94. The second-order valence-electron chi connectivity index (χ2n) is 3.82. The number of aromatic nitrogens is 1. The summed E-state index contributed by atoms with van der Waals surface area (Å²) < 4.78 is 0. The monoisotopic (exact) mass is 245 g/mol. The molecule has 0 aliphatic heterocycles. The minimum absolute atomic E-state index is 0. The molecule has 0 saturated heterocycles. The van der Waals surface area contributed by atoms with E-state index in [1.807, 2.05) is 42.5 Å².